The van der Waals surface area contributed by atoms with Crippen LogP contribution in [0.25, 0.3) is 0 Å². The summed E-state index contributed by atoms with van der Waals surface area (Å²) < 4.78 is 5.45. The van der Waals surface area contributed by atoms with E-state index in [1.54, 1.807) is 0 Å². The molecule has 98 valence electrons. The maximum atomic E-state index is 9.65. The lowest BCUT2D eigenvalue weighted by Crippen LogP contribution is -2.42. The summed E-state index contributed by atoms with van der Waals surface area (Å²) in [6.07, 6.45) is 0.603. The third-order valence-corrected chi connectivity index (χ3v) is 2.17. The molecule has 0 aromatic carbocycles. The first kappa shape index (κ1) is 15.9. The molecule has 0 saturated carbocycles. The summed E-state index contributed by atoms with van der Waals surface area (Å²) in [6, 6.07) is 0. The van der Waals surface area contributed by atoms with E-state index in [9.17, 15) is 5.11 Å². The summed E-state index contributed by atoms with van der Waals surface area (Å²) in [4.78, 5) is 0. The minimum absolute atomic E-state index is 0.0480. The molecule has 3 nitrogen and oxygen atoms in total. The summed E-state index contributed by atoms with van der Waals surface area (Å²) in [5, 5.41) is 12.9. The van der Waals surface area contributed by atoms with Crippen LogP contribution in [0, 0.1) is 5.41 Å². The van der Waals surface area contributed by atoms with Crippen molar-refractivity contribution in [3.63, 3.8) is 0 Å². The molecule has 0 rings (SSSR count). The molecule has 0 aromatic rings. The minimum Gasteiger partial charge on any atom is -0.389 e. The van der Waals surface area contributed by atoms with Crippen LogP contribution in [0.15, 0.2) is 0 Å². The zero-order chi connectivity index (χ0) is 12.8. The van der Waals surface area contributed by atoms with Crippen molar-refractivity contribution in [1.29, 1.82) is 0 Å². The minimum atomic E-state index is -0.417. The van der Waals surface area contributed by atoms with Crippen molar-refractivity contribution in [2.45, 2.75) is 59.6 Å². The molecule has 2 N–H and O–H groups in total. The van der Waals surface area contributed by atoms with Gasteiger partial charge in [0.1, 0.15) is 0 Å². The monoisotopic (exact) mass is 231 g/mol. The van der Waals surface area contributed by atoms with Crippen LogP contribution in [0.3, 0.4) is 0 Å². The van der Waals surface area contributed by atoms with Gasteiger partial charge in [0.15, 0.2) is 0 Å². The van der Waals surface area contributed by atoms with Gasteiger partial charge in [-0.1, -0.05) is 20.8 Å². The number of hydrogen-bond donors (Lipinski definition) is 2. The van der Waals surface area contributed by atoms with Crippen LogP contribution >= 0.6 is 0 Å². The Morgan fingerprint density at radius 3 is 2.12 bits per heavy atom. The van der Waals surface area contributed by atoms with Crippen LogP contribution in [0.2, 0.25) is 0 Å². The van der Waals surface area contributed by atoms with Crippen molar-refractivity contribution < 1.29 is 9.84 Å². The van der Waals surface area contributed by atoms with Crippen LogP contribution in [-0.4, -0.2) is 36.5 Å². The standard InChI is InChI=1S/C13H29NO2/c1-12(2,3)7-8-16-10-11(15)9-14-13(4,5)6/h11,14-15H,7-10H2,1-6H3. The molecule has 1 atom stereocenters. The number of nitrogens with one attached hydrogen (secondary N) is 1. The molecule has 0 aliphatic rings. The average molecular weight is 231 g/mol. The number of β-amino-alcohol motifs (C(OH)–C–C–N with tert-alkyl or cyclic N) is 1. The summed E-state index contributed by atoms with van der Waals surface area (Å²) in [7, 11) is 0. The lowest BCUT2D eigenvalue weighted by molar-refractivity contribution is 0.0249. The second kappa shape index (κ2) is 6.58. The second-order valence-corrected chi connectivity index (χ2v) is 6.67. The Bertz CT molecular complexity index is 179. The van der Waals surface area contributed by atoms with Crippen LogP contribution < -0.4 is 5.32 Å². The van der Waals surface area contributed by atoms with Gasteiger partial charge in [-0.25, -0.2) is 0 Å². The first-order valence-electron chi connectivity index (χ1n) is 6.11. The highest BCUT2D eigenvalue weighted by Crippen LogP contribution is 2.17. The largest absolute Gasteiger partial charge is 0.389 e. The van der Waals surface area contributed by atoms with Crippen LogP contribution in [0.5, 0.6) is 0 Å². The van der Waals surface area contributed by atoms with Crippen LogP contribution in [0.1, 0.15) is 48.0 Å². The summed E-state index contributed by atoms with van der Waals surface area (Å²) in [5.74, 6) is 0. The first-order chi connectivity index (χ1) is 7.10. The van der Waals surface area contributed by atoms with Gasteiger partial charge >= 0.3 is 0 Å². The Morgan fingerprint density at radius 2 is 1.69 bits per heavy atom. The van der Waals surface area contributed by atoms with Crippen molar-refractivity contribution >= 4 is 0 Å². The topological polar surface area (TPSA) is 41.5 Å². The molecule has 0 radical (unpaired) electrons. The summed E-state index contributed by atoms with van der Waals surface area (Å²) in [5.41, 5.74) is 0.348. The van der Waals surface area contributed by atoms with E-state index in [4.69, 9.17) is 4.74 Å². The van der Waals surface area contributed by atoms with Gasteiger partial charge in [0.2, 0.25) is 0 Å². The smallest absolute Gasteiger partial charge is 0.0897 e. The molecule has 0 spiro atoms. The van der Waals surface area contributed by atoms with Crippen LogP contribution in [0.4, 0.5) is 0 Å². The van der Waals surface area contributed by atoms with Gasteiger partial charge in [-0.2, -0.15) is 0 Å². The highest BCUT2D eigenvalue weighted by Gasteiger charge is 2.13. The second-order valence-electron chi connectivity index (χ2n) is 6.67. The van der Waals surface area contributed by atoms with Gasteiger partial charge in [-0.3, -0.25) is 0 Å². The molecule has 0 fully saturated rings. The van der Waals surface area contributed by atoms with E-state index >= 15 is 0 Å². The Balaban J connectivity index is 3.48. The van der Waals surface area contributed by atoms with Gasteiger partial charge < -0.3 is 15.2 Å². The number of rotatable bonds is 6. The SMILES string of the molecule is CC(C)(C)CCOCC(O)CNC(C)(C)C. The molecule has 16 heavy (non-hydrogen) atoms. The fourth-order valence-electron chi connectivity index (χ4n) is 1.08. The van der Waals surface area contributed by atoms with E-state index in [1.807, 2.05) is 0 Å². The van der Waals surface area contributed by atoms with E-state index in [0.29, 0.717) is 18.6 Å². The molecule has 0 heterocycles. The zero-order valence-corrected chi connectivity index (χ0v) is 11.8. The van der Waals surface area contributed by atoms with E-state index < -0.39 is 6.10 Å². The van der Waals surface area contributed by atoms with Crippen molar-refractivity contribution in [3.8, 4) is 0 Å². The van der Waals surface area contributed by atoms with Gasteiger partial charge in [-0.05, 0) is 32.6 Å². The van der Waals surface area contributed by atoms with E-state index in [2.05, 4.69) is 46.9 Å². The Labute approximate surface area is 101 Å². The molecular formula is C13H29NO2. The molecular weight excluding hydrogens is 202 g/mol. The van der Waals surface area contributed by atoms with Gasteiger partial charge in [0.05, 0.1) is 12.7 Å². The maximum absolute atomic E-state index is 9.65. The normalized spacial score (nSPS) is 15.2. The quantitative estimate of drug-likeness (QED) is 0.689. The highest BCUT2D eigenvalue weighted by atomic mass is 16.5. The third-order valence-electron chi connectivity index (χ3n) is 2.17. The van der Waals surface area contributed by atoms with Crippen molar-refractivity contribution in [1.82, 2.24) is 5.32 Å². The Morgan fingerprint density at radius 1 is 1.12 bits per heavy atom. The number of hydrogen-bond acceptors (Lipinski definition) is 3. The number of ether oxygens (including phenoxy) is 1. The maximum Gasteiger partial charge on any atom is 0.0897 e. The molecule has 0 saturated heterocycles. The van der Waals surface area contributed by atoms with Crippen molar-refractivity contribution in [2.75, 3.05) is 19.8 Å². The summed E-state index contributed by atoms with van der Waals surface area (Å²) in [6.45, 7) is 14.5. The van der Waals surface area contributed by atoms with Crippen molar-refractivity contribution in [2.24, 2.45) is 5.41 Å². The van der Waals surface area contributed by atoms with E-state index in [1.165, 1.54) is 0 Å². The fourth-order valence-corrected chi connectivity index (χ4v) is 1.08. The number of aliphatic hydroxyl groups excluding tert-OH is 1. The Kier molecular flexibility index (Phi) is 6.53. The molecule has 0 aliphatic carbocycles. The fraction of sp³-hybridized carbons (Fsp3) is 1.00. The van der Waals surface area contributed by atoms with E-state index in [-0.39, 0.29) is 5.54 Å². The average Bonchev–Trinajstić information content (AvgIpc) is 2.06. The molecule has 0 bridgehead atoms. The lowest BCUT2D eigenvalue weighted by atomic mass is 9.93. The lowest BCUT2D eigenvalue weighted by Gasteiger charge is -2.23. The summed E-state index contributed by atoms with van der Waals surface area (Å²) >= 11 is 0. The molecule has 3 heteroatoms. The van der Waals surface area contributed by atoms with E-state index in [0.717, 1.165) is 13.0 Å². The zero-order valence-electron chi connectivity index (χ0n) is 11.8. The van der Waals surface area contributed by atoms with Gasteiger partial charge in [0.25, 0.3) is 0 Å². The van der Waals surface area contributed by atoms with Crippen LogP contribution in [-0.2, 0) is 4.74 Å². The van der Waals surface area contributed by atoms with Gasteiger partial charge in [-0.15, -0.1) is 0 Å². The first-order valence-corrected chi connectivity index (χ1v) is 6.11. The van der Waals surface area contributed by atoms with Crippen molar-refractivity contribution in [3.05, 3.63) is 0 Å². The Hall–Kier alpha value is -0.120. The molecule has 1 unspecified atom stereocenters. The predicted molar refractivity (Wildman–Crippen MR) is 68.7 cm³/mol. The molecule has 0 aliphatic heterocycles. The number of aliphatic hydroxyl groups is 1. The third kappa shape index (κ3) is 12.0. The predicted octanol–water partition coefficient (Wildman–Crippen LogP) is 2.19. The molecule has 0 amide bonds. The van der Waals surface area contributed by atoms with Gasteiger partial charge in [0, 0.05) is 18.7 Å². The molecule has 0 aromatic heterocycles. The highest BCUT2D eigenvalue weighted by molar-refractivity contribution is 4.72.